The SMILES string of the molecule is O=C(OCCC12CC3CC(CC(C3)C1)C2)c1ccc(F)cc1. The zero-order valence-electron chi connectivity index (χ0n) is 12.9. The summed E-state index contributed by atoms with van der Waals surface area (Å²) in [4.78, 5) is 12.0. The summed E-state index contributed by atoms with van der Waals surface area (Å²) in [5, 5.41) is 0. The van der Waals surface area contributed by atoms with Gasteiger partial charge in [-0.05, 0) is 92.4 Å². The van der Waals surface area contributed by atoms with Crippen molar-refractivity contribution in [1.29, 1.82) is 0 Å². The lowest BCUT2D eigenvalue weighted by Crippen LogP contribution is -2.46. The van der Waals surface area contributed by atoms with Crippen molar-refractivity contribution in [3.05, 3.63) is 35.6 Å². The number of carbonyl (C=O) groups is 1. The van der Waals surface area contributed by atoms with E-state index < -0.39 is 0 Å². The van der Waals surface area contributed by atoms with E-state index in [1.807, 2.05) is 0 Å². The second-order valence-electron chi connectivity index (χ2n) is 7.81. The first-order chi connectivity index (χ1) is 10.6. The quantitative estimate of drug-likeness (QED) is 0.760. The molecule has 0 amide bonds. The highest BCUT2D eigenvalue weighted by atomic mass is 19.1. The number of benzene rings is 1. The molecule has 0 radical (unpaired) electrons. The normalized spacial score (nSPS) is 35.6. The van der Waals surface area contributed by atoms with Gasteiger partial charge in [-0.25, -0.2) is 9.18 Å². The molecule has 0 aromatic heterocycles. The van der Waals surface area contributed by atoms with Crippen LogP contribution in [-0.2, 0) is 4.74 Å². The van der Waals surface area contributed by atoms with Crippen LogP contribution in [0.1, 0.15) is 55.3 Å². The molecular weight excluding hydrogens is 279 g/mol. The smallest absolute Gasteiger partial charge is 0.338 e. The second kappa shape index (κ2) is 5.36. The van der Waals surface area contributed by atoms with Crippen LogP contribution in [0.4, 0.5) is 4.39 Å². The van der Waals surface area contributed by atoms with Gasteiger partial charge in [-0.2, -0.15) is 0 Å². The van der Waals surface area contributed by atoms with Crippen molar-refractivity contribution < 1.29 is 13.9 Å². The Morgan fingerprint density at radius 2 is 1.59 bits per heavy atom. The fourth-order valence-corrected chi connectivity index (χ4v) is 5.63. The molecule has 0 aliphatic heterocycles. The fourth-order valence-electron chi connectivity index (χ4n) is 5.63. The van der Waals surface area contributed by atoms with Gasteiger partial charge in [-0.3, -0.25) is 0 Å². The standard InChI is InChI=1S/C19H23FO2/c20-17-3-1-16(2-4-17)18(21)22-6-5-19-10-13-7-14(11-19)9-15(8-13)12-19/h1-4,13-15H,5-12H2. The number of hydrogen-bond acceptors (Lipinski definition) is 2. The van der Waals surface area contributed by atoms with E-state index in [-0.39, 0.29) is 11.8 Å². The predicted octanol–water partition coefficient (Wildman–Crippen LogP) is 4.59. The van der Waals surface area contributed by atoms with Crippen LogP contribution in [0, 0.1) is 29.0 Å². The number of carbonyl (C=O) groups excluding carboxylic acids is 1. The molecular formula is C19H23FO2. The van der Waals surface area contributed by atoms with Gasteiger partial charge in [0, 0.05) is 0 Å². The Kier molecular flexibility index (Phi) is 3.47. The van der Waals surface area contributed by atoms with E-state index in [9.17, 15) is 9.18 Å². The first-order valence-corrected chi connectivity index (χ1v) is 8.55. The van der Waals surface area contributed by atoms with E-state index >= 15 is 0 Å². The van der Waals surface area contributed by atoms with Crippen LogP contribution in [0.25, 0.3) is 0 Å². The van der Waals surface area contributed by atoms with Crippen LogP contribution in [0.3, 0.4) is 0 Å². The van der Waals surface area contributed by atoms with Crippen LogP contribution in [0.5, 0.6) is 0 Å². The third-order valence-corrected chi connectivity index (χ3v) is 6.11. The van der Waals surface area contributed by atoms with E-state index in [1.165, 1.54) is 62.8 Å². The Morgan fingerprint density at radius 3 is 2.14 bits per heavy atom. The van der Waals surface area contributed by atoms with Gasteiger partial charge in [0.05, 0.1) is 12.2 Å². The summed E-state index contributed by atoms with van der Waals surface area (Å²) in [6.45, 7) is 0.502. The molecule has 4 fully saturated rings. The van der Waals surface area contributed by atoms with E-state index in [1.54, 1.807) is 0 Å². The maximum absolute atomic E-state index is 12.9. The molecule has 1 aromatic carbocycles. The summed E-state index contributed by atoms with van der Waals surface area (Å²) >= 11 is 0. The molecule has 3 heteroatoms. The van der Waals surface area contributed by atoms with Gasteiger partial charge in [0.15, 0.2) is 0 Å². The number of hydrogen-bond donors (Lipinski definition) is 0. The molecule has 0 unspecified atom stereocenters. The largest absolute Gasteiger partial charge is 0.462 e. The van der Waals surface area contributed by atoms with Gasteiger partial charge in [0.25, 0.3) is 0 Å². The predicted molar refractivity (Wildman–Crippen MR) is 81.9 cm³/mol. The molecule has 4 saturated carbocycles. The van der Waals surface area contributed by atoms with Crippen molar-refractivity contribution in [2.75, 3.05) is 6.61 Å². The zero-order valence-corrected chi connectivity index (χ0v) is 12.9. The summed E-state index contributed by atoms with van der Waals surface area (Å²) in [5.41, 5.74) is 0.879. The Labute approximate surface area is 131 Å². The lowest BCUT2D eigenvalue weighted by atomic mass is 9.49. The summed E-state index contributed by atoms with van der Waals surface area (Å²) in [6, 6.07) is 5.58. The highest BCUT2D eigenvalue weighted by molar-refractivity contribution is 5.89. The summed E-state index contributed by atoms with van der Waals surface area (Å²) in [7, 11) is 0. The fraction of sp³-hybridized carbons (Fsp3) is 0.632. The Hall–Kier alpha value is -1.38. The lowest BCUT2D eigenvalue weighted by Gasteiger charge is -2.57. The number of halogens is 1. The molecule has 5 rings (SSSR count). The second-order valence-corrected chi connectivity index (χ2v) is 7.81. The van der Waals surface area contributed by atoms with Crippen molar-refractivity contribution in [2.45, 2.75) is 44.9 Å². The Balaban J connectivity index is 1.33. The minimum Gasteiger partial charge on any atom is -0.462 e. The monoisotopic (exact) mass is 302 g/mol. The Bertz CT molecular complexity index is 528. The molecule has 2 nitrogen and oxygen atoms in total. The first kappa shape index (κ1) is 14.2. The summed E-state index contributed by atoms with van der Waals surface area (Å²) < 4.78 is 18.3. The minimum absolute atomic E-state index is 0.329. The zero-order chi connectivity index (χ0) is 15.2. The molecule has 0 spiro atoms. The number of rotatable bonds is 4. The molecule has 4 bridgehead atoms. The molecule has 22 heavy (non-hydrogen) atoms. The van der Waals surface area contributed by atoms with Crippen LogP contribution in [0.2, 0.25) is 0 Å². The molecule has 0 atom stereocenters. The maximum Gasteiger partial charge on any atom is 0.338 e. The minimum atomic E-state index is -0.329. The van der Waals surface area contributed by atoms with Gasteiger partial charge in [-0.1, -0.05) is 0 Å². The van der Waals surface area contributed by atoms with Crippen LogP contribution in [-0.4, -0.2) is 12.6 Å². The van der Waals surface area contributed by atoms with E-state index in [4.69, 9.17) is 4.74 Å². The number of ether oxygens (including phenoxy) is 1. The molecule has 0 saturated heterocycles. The van der Waals surface area contributed by atoms with Crippen molar-refractivity contribution in [1.82, 2.24) is 0 Å². The van der Waals surface area contributed by atoms with Gasteiger partial charge in [0.1, 0.15) is 5.82 Å². The van der Waals surface area contributed by atoms with Crippen LogP contribution >= 0.6 is 0 Å². The number of esters is 1. The van der Waals surface area contributed by atoms with Gasteiger partial charge < -0.3 is 4.74 Å². The molecule has 0 heterocycles. The molecule has 0 N–H and O–H groups in total. The molecule has 4 aliphatic rings. The molecule has 1 aromatic rings. The average molecular weight is 302 g/mol. The van der Waals surface area contributed by atoms with Crippen molar-refractivity contribution in [2.24, 2.45) is 23.2 Å². The molecule has 4 aliphatic carbocycles. The highest BCUT2D eigenvalue weighted by Crippen LogP contribution is 2.61. The van der Waals surface area contributed by atoms with Gasteiger partial charge in [0.2, 0.25) is 0 Å². The van der Waals surface area contributed by atoms with E-state index in [0.717, 1.165) is 24.2 Å². The van der Waals surface area contributed by atoms with Crippen molar-refractivity contribution >= 4 is 5.97 Å². The van der Waals surface area contributed by atoms with Crippen molar-refractivity contribution in [3.8, 4) is 0 Å². The van der Waals surface area contributed by atoms with Crippen LogP contribution < -0.4 is 0 Å². The summed E-state index contributed by atoms with van der Waals surface area (Å²) in [6.07, 6.45) is 9.34. The summed E-state index contributed by atoms with van der Waals surface area (Å²) in [5.74, 6) is 2.13. The van der Waals surface area contributed by atoms with E-state index in [2.05, 4.69) is 0 Å². The highest BCUT2D eigenvalue weighted by Gasteiger charge is 2.50. The third kappa shape index (κ3) is 2.66. The third-order valence-electron chi connectivity index (χ3n) is 6.11. The van der Waals surface area contributed by atoms with Crippen molar-refractivity contribution in [3.63, 3.8) is 0 Å². The molecule has 118 valence electrons. The maximum atomic E-state index is 12.9. The first-order valence-electron chi connectivity index (χ1n) is 8.55. The average Bonchev–Trinajstić information content (AvgIpc) is 2.46. The Morgan fingerprint density at radius 1 is 1.05 bits per heavy atom. The van der Waals surface area contributed by atoms with E-state index in [0.29, 0.717) is 17.6 Å². The topological polar surface area (TPSA) is 26.3 Å². The lowest BCUT2D eigenvalue weighted by molar-refractivity contribution is -0.0653. The van der Waals surface area contributed by atoms with Gasteiger partial charge >= 0.3 is 5.97 Å². The van der Waals surface area contributed by atoms with Crippen LogP contribution in [0.15, 0.2) is 24.3 Å². The van der Waals surface area contributed by atoms with Gasteiger partial charge in [-0.15, -0.1) is 0 Å².